The summed E-state index contributed by atoms with van der Waals surface area (Å²) in [5, 5.41) is 21.8. The number of nitrogens with zero attached hydrogens (tertiary/aromatic N) is 7. The number of nitrogen functional groups attached to an aromatic ring is 1. The van der Waals surface area contributed by atoms with Gasteiger partial charge in [0.2, 0.25) is 0 Å². The first-order chi connectivity index (χ1) is 20.2. The van der Waals surface area contributed by atoms with Crippen molar-refractivity contribution >= 4 is 41.5 Å². The molecule has 3 atom stereocenters. The summed E-state index contributed by atoms with van der Waals surface area (Å²) < 4.78 is 2.55. The van der Waals surface area contributed by atoms with E-state index in [1.165, 1.54) is 7.05 Å². The summed E-state index contributed by atoms with van der Waals surface area (Å²) in [7, 11) is 1.52. The first kappa shape index (κ1) is 29.2. The van der Waals surface area contributed by atoms with Gasteiger partial charge >= 0.3 is 0 Å². The van der Waals surface area contributed by atoms with Crippen molar-refractivity contribution in [2.24, 2.45) is 10.7 Å². The van der Waals surface area contributed by atoms with Crippen LogP contribution >= 0.6 is 11.9 Å². The molecule has 1 aliphatic rings. The molecule has 5 rings (SSSR count). The lowest BCUT2D eigenvalue weighted by atomic mass is 9.96. The number of hydrogen-bond acceptors (Lipinski definition) is 9. The SMILES string of the molecule is CC(CC1CCC(C)N1C(=O)C(N)=NC=N)c1nc2c(-c3ccc(-c4ccccc4)nc3)cnn2c(N)c1SN(C)O. The molecule has 218 valence electrons. The summed E-state index contributed by atoms with van der Waals surface area (Å²) >= 11 is 1.06. The summed E-state index contributed by atoms with van der Waals surface area (Å²) in [5.41, 5.74) is 17.3. The molecule has 0 bridgehead atoms. The van der Waals surface area contributed by atoms with Gasteiger partial charge in [-0.15, -0.1) is 4.47 Å². The number of likely N-dealkylation sites (tertiary alicyclic amines) is 1. The first-order valence-corrected chi connectivity index (χ1v) is 14.4. The highest BCUT2D eigenvalue weighted by Crippen LogP contribution is 2.39. The smallest absolute Gasteiger partial charge is 0.289 e. The third kappa shape index (κ3) is 5.71. The van der Waals surface area contributed by atoms with Crippen molar-refractivity contribution in [3.8, 4) is 22.4 Å². The maximum absolute atomic E-state index is 13.1. The molecule has 1 aromatic carbocycles. The molecule has 0 radical (unpaired) electrons. The number of nitrogens with two attached hydrogens (primary N) is 2. The van der Waals surface area contributed by atoms with Gasteiger partial charge in [0, 0.05) is 47.9 Å². The zero-order chi connectivity index (χ0) is 30.0. The summed E-state index contributed by atoms with van der Waals surface area (Å²) in [6.07, 6.45) is 6.51. The minimum Gasteiger partial charge on any atom is -0.383 e. The maximum Gasteiger partial charge on any atom is 0.289 e. The van der Waals surface area contributed by atoms with Gasteiger partial charge in [-0.05, 0) is 44.2 Å². The maximum atomic E-state index is 13.1. The standard InChI is InChI=1S/C29H34N10O2S/c1-17(13-21-11-9-18(2)38(21)29(40)26(31)34-16-30)24-25(42-37(3)41)27(32)39-28(36-24)22(15-35-39)20-10-12-23(33-14-20)19-7-5-4-6-8-19/h4-8,10,12,14-18,21,41H,9,11,13,32H2,1-3H3,(H3,30,31,34). The number of anilines is 1. The molecule has 3 unspecified atom stereocenters. The molecule has 1 aliphatic heterocycles. The van der Waals surface area contributed by atoms with Crippen LogP contribution in [-0.2, 0) is 4.79 Å². The van der Waals surface area contributed by atoms with Crippen molar-refractivity contribution in [3.63, 3.8) is 0 Å². The lowest BCUT2D eigenvalue weighted by Crippen LogP contribution is -2.46. The lowest BCUT2D eigenvalue weighted by molar-refractivity contribution is -0.126. The zero-order valence-electron chi connectivity index (χ0n) is 23.7. The van der Waals surface area contributed by atoms with E-state index in [9.17, 15) is 10.0 Å². The Morgan fingerprint density at radius 3 is 2.67 bits per heavy atom. The molecular weight excluding hydrogens is 552 g/mol. The molecule has 1 amide bonds. The van der Waals surface area contributed by atoms with E-state index in [2.05, 4.69) is 15.1 Å². The molecule has 1 saturated heterocycles. The summed E-state index contributed by atoms with van der Waals surface area (Å²) in [6.45, 7) is 4.02. The number of benzene rings is 1. The van der Waals surface area contributed by atoms with Gasteiger partial charge in [-0.3, -0.25) is 15.2 Å². The Bertz CT molecular complexity index is 1620. The van der Waals surface area contributed by atoms with Gasteiger partial charge in [-0.2, -0.15) is 9.61 Å². The number of nitrogens with one attached hydrogen (secondary N) is 1. The molecule has 0 spiro atoms. The number of aliphatic imine (C=N–C) groups is 1. The molecule has 1 fully saturated rings. The molecule has 6 N–H and O–H groups in total. The minimum absolute atomic E-state index is 0.0140. The highest BCUT2D eigenvalue weighted by molar-refractivity contribution is 7.97. The zero-order valence-corrected chi connectivity index (χ0v) is 24.5. The van der Waals surface area contributed by atoms with E-state index in [4.69, 9.17) is 21.9 Å². The Morgan fingerprint density at radius 1 is 1.24 bits per heavy atom. The van der Waals surface area contributed by atoms with E-state index in [1.807, 2.05) is 56.3 Å². The molecule has 42 heavy (non-hydrogen) atoms. The van der Waals surface area contributed by atoms with Crippen molar-refractivity contribution in [2.75, 3.05) is 12.8 Å². The largest absolute Gasteiger partial charge is 0.383 e. The van der Waals surface area contributed by atoms with Gasteiger partial charge in [-0.1, -0.05) is 43.3 Å². The quantitative estimate of drug-likeness (QED) is 0.102. The molecule has 12 nitrogen and oxygen atoms in total. The number of hydroxylamine groups is 1. The Kier molecular flexibility index (Phi) is 8.52. The number of pyridine rings is 1. The average Bonchev–Trinajstić information content (AvgIpc) is 3.57. The van der Waals surface area contributed by atoms with Crippen LogP contribution in [0.25, 0.3) is 28.0 Å². The monoisotopic (exact) mass is 586 g/mol. The van der Waals surface area contributed by atoms with Crippen molar-refractivity contribution < 1.29 is 10.0 Å². The number of aromatic nitrogens is 4. The van der Waals surface area contributed by atoms with Crippen molar-refractivity contribution in [1.82, 2.24) is 29.0 Å². The second-order valence-corrected chi connectivity index (χ2v) is 11.6. The van der Waals surface area contributed by atoms with Crippen LogP contribution in [0.15, 0.2) is 64.7 Å². The molecule has 13 heteroatoms. The average molecular weight is 587 g/mol. The van der Waals surface area contributed by atoms with Gasteiger partial charge in [0.15, 0.2) is 11.5 Å². The van der Waals surface area contributed by atoms with Gasteiger partial charge in [-0.25, -0.2) is 9.98 Å². The second kappa shape index (κ2) is 12.3. The fourth-order valence-corrected chi connectivity index (χ4v) is 6.34. The van der Waals surface area contributed by atoms with Gasteiger partial charge in [0.25, 0.3) is 5.91 Å². The van der Waals surface area contributed by atoms with Crippen molar-refractivity contribution in [1.29, 1.82) is 5.41 Å². The Hall–Kier alpha value is -4.33. The number of hydrogen-bond donors (Lipinski definition) is 4. The fourth-order valence-electron chi connectivity index (χ4n) is 5.56. The third-order valence-electron chi connectivity index (χ3n) is 7.57. The van der Waals surface area contributed by atoms with Crippen LogP contribution < -0.4 is 11.5 Å². The molecule has 4 heterocycles. The third-order valence-corrected chi connectivity index (χ3v) is 8.43. The van der Waals surface area contributed by atoms with E-state index in [-0.39, 0.29) is 29.7 Å². The number of fused-ring (bicyclic) bond motifs is 1. The predicted octanol–water partition coefficient (Wildman–Crippen LogP) is 4.21. The molecule has 0 saturated carbocycles. The Balaban J connectivity index is 1.51. The van der Waals surface area contributed by atoms with Crippen LogP contribution in [0.2, 0.25) is 0 Å². The number of amides is 1. The summed E-state index contributed by atoms with van der Waals surface area (Å²) in [5.74, 6) is -0.373. The van der Waals surface area contributed by atoms with Gasteiger partial charge in [0.1, 0.15) is 12.2 Å². The van der Waals surface area contributed by atoms with Crippen molar-refractivity contribution in [2.45, 2.75) is 56.0 Å². The topological polar surface area (TPSA) is 175 Å². The van der Waals surface area contributed by atoms with Crippen LogP contribution in [0.3, 0.4) is 0 Å². The summed E-state index contributed by atoms with van der Waals surface area (Å²) in [6, 6.07) is 13.8. The van der Waals surface area contributed by atoms with E-state index < -0.39 is 0 Å². The Morgan fingerprint density at radius 2 is 2.00 bits per heavy atom. The number of carbonyl (C=O) groups excluding carboxylic acids is 1. The predicted molar refractivity (Wildman–Crippen MR) is 164 cm³/mol. The normalized spacial score (nSPS) is 18.1. The van der Waals surface area contributed by atoms with E-state index in [0.29, 0.717) is 28.5 Å². The van der Waals surface area contributed by atoms with Gasteiger partial charge in [0.05, 0.1) is 22.5 Å². The number of rotatable bonds is 8. The van der Waals surface area contributed by atoms with Crippen LogP contribution in [0.5, 0.6) is 0 Å². The second-order valence-electron chi connectivity index (χ2n) is 10.4. The highest BCUT2D eigenvalue weighted by Gasteiger charge is 2.37. The summed E-state index contributed by atoms with van der Waals surface area (Å²) in [4.78, 5) is 28.8. The highest BCUT2D eigenvalue weighted by atomic mass is 32.2. The molecular formula is C29H34N10O2S. The molecule has 0 aliphatic carbocycles. The Labute approximate surface area is 248 Å². The van der Waals surface area contributed by atoms with Crippen LogP contribution in [0.4, 0.5) is 5.82 Å². The molecule has 4 aromatic rings. The van der Waals surface area contributed by atoms with E-state index in [0.717, 1.165) is 58.0 Å². The number of amidine groups is 1. The number of carbonyl (C=O) groups is 1. The fraction of sp³-hybridized carbons (Fsp3) is 0.310. The van der Waals surface area contributed by atoms with Crippen molar-refractivity contribution in [3.05, 3.63) is 60.6 Å². The van der Waals surface area contributed by atoms with E-state index >= 15 is 0 Å². The lowest BCUT2D eigenvalue weighted by Gasteiger charge is -2.30. The van der Waals surface area contributed by atoms with Crippen LogP contribution in [0, 0.1) is 5.41 Å². The van der Waals surface area contributed by atoms with Crippen LogP contribution in [0.1, 0.15) is 44.7 Å². The minimum atomic E-state index is -0.377. The van der Waals surface area contributed by atoms with Gasteiger partial charge < -0.3 is 21.6 Å². The van der Waals surface area contributed by atoms with Crippen LogP contribution in [-0.4, -0.2) is 71.4 Å². The first-order valence-electron chi connectivity index (χ1n) is 13.6. The van der Waals surface area contributed by atoms with E-state index in [1.54, 1.807) is 21.8 Å². The molecule has 3 aromatic heterocycles.